The minimum atomic E-state index is -3.09. The molecule has 26 heavy (non-hydrogen) atoms. The zero-order chi connectivity index (χ0) is 19.3. The highest BCUT2D eigenvalue weighted by atomic mass is 32.2. The summed E-state index contributed by atoms with van der Waals surface area (Å²) in [6, 6.07) is 7.34. The van der Waals surface area contributed by atoms with E-state index < -0.39 is 9.84 Å². The second-order valence-electron chi connectivity index (χ2n) is 6.39. The Bertz CT molecular complexity index is 862. The summed E-state index contributed by atoms with van der Waals surface area (Å²) < 4.78 is 23.0. The summed E-state index contributed by atoms with van der Waals surface area (Å²) in [5.41, 5.74) is 2.54. The quantitative estimate of drug-likeness (QED) is 0.743. The van der Waals surface area contributed by atoms with Crippen LogP contribution in [0.15, 0.2) is 29.6 Å². The predicted molar refractivity (Wildman–Crippen MR) is 107 cm³/mol. The van der Waals surface area contributed by atoms with Crippen molar-refractivity contribution in [1.29, 1.82) is 0 Å². The molecule has 0 bridgehead atoms. The number of aromatic nitrogens is 1. The van der Waals surface area contributed by atoms with Gasteiger partial charge < -0.3 is 5.32 Å². The molecule has 0 aliphatic heterocycles. The lowest BCUT2D eigenvalue weighted by molar-refractivity contribution is -0.117. The Labute approximate surface area is 159 Å². The first kappa shape index (κ1) is 20.5. The van der Waals surface area contributed by atoms with E-state index in [1.807, 2.05) is 55.3 Å². The molecule has 1 amide bonds. The van der Waals surface area contributed by atoms with E-state index in [-0.39, 0.29) is 24.2 Å². The molecule has 2 aromatic rings. The molecule has 1 N–H and O–H groups in total. The topological polar surface area (TPSA) is 79.4 Å². The molecule has 0 fully saturated rings. The predicted octanol–water partition coefficient (Wildman–Crippen LogP) is 2.81. The van der Waals surface area contributed by atoms with Crippen LogP contribution in [-0.2, 0) is 14.6 Å². The minimum absolute atomic E-state index is 0.0345. The van der Waals surface area contributed by atoms with E-state index in [0.29, 0.717) is 12.2 Å². The number of thiazole rings is 1. The van der Waals surface area contributed by atoms with Gasteiger partial charge in [-0.05, 0) is 32.5 Å². The number of sulfone groups is 1. The number of nitrogens with zero attached hydrogens (tertiary/aromatic N) is 2. The van der Waals surface area contributed by atoms with Crippen molar-refractivity contribution < 1.29 is 13.2 Å². The van der Waals surface area contributed by atoms with Gasteiger partial charge in [-0.15, -0.1) is 11.3 Å². The number of carbonyl (C=O) groups is 1. The highest BCUT2D eigenvalue weighted by Gasteiger charge is 2.19. The summed E-state index contributed by atoms with van der Waals surface area (Å²) in [4.78, 5) is 18.7. The number of amides is 1. The molecule has 1 atom stereocenters. The van der Waals surface area contributed by atoms with E-state index in [2.05, 4.69) is 10.3 Å². The summed E-state index contributed by atoms with van der Waals surface area (Å²) >= 11 is 1.58. The number of anilines is 1. The normalized spacial score (nSPS) is 13.0. The van der Waals surface area contributed by atoms with Gasteiger partial charge in [-0.25, -0.2) is 13.4 Å². The summed E-state index contributed by atoms with van der Waals surface area (Å²) in [6.45, 7) is 6.44. The van der Waals surface area contributed by atoms with Crippen LogP contribution in [0.5, 0.6) is 0 Å². The zero-order valence-electron chi connectivity index (χ0n) is 15.5. The van der Waals surface area contributed by atoms with Gasteiger partial charge in [0.1, 0.15) is 9.84 Å². The summed E-state index contributed by atoms with van der Waals surface area (Å²) in [5, 5.41) is 5.87. The Balaban J connectivity index is 2.02. The Morgan fingerprint density at radius 3 is 2.69 bits per heavy atom. The number of nitrogens with one attached hydrogen (secondary N) is 1. The smallest absolute Gasteiger partial charge is 0.238 e. The number of aryl methyl sites for hydroxylation is 1. The lowest BCUT2D eigenvalue weighted by Gasteiger charge is -2.26. The SMILES string of the molecule is CCN(CC(=O)Nc1cccc(-c2csc(C)n2)c1)C(C)CS(C)(=O)=O. The number of rotatable bonds is 8. The first-order valence-corrected chi connectivity index (χ1v) is 11.4. The van der Waals surface area contributed by atoms with Crippen molar-refractivity contribution in [2.45, 2.75) is 26.8 Å². The molecule has 0 spiro atoms. The van der Waals surface area contributed by atoms with Crippen molar-refractivity contribution in [2.24, 2.45) is 0 Å². The van der Waals surface area contributed by atoms with E-state index >= 15 is 0 Å². The number of likely N-dealkylation sites (N-methyl/N-ethyl adjacent to an activating group) is 1. The van der Waals surface area contributed by atoms with Crippen molar-refractivity contribution in [2.75, 3.05) is 30.4 Å². The zero-order valence-corrected chi connectivity index (χ0v) is 17.2. The molecule has 0 aliphatic carbocycles. The average Bonchev–Trinajstić information content (AvgIpc) is 2.97. The number of benzene rings is 1. The van der Waals surface area contributed by atoms with E-state index in [1.165, 1.54) is 6.26 Å². The average molecular weight is 396 g/mol. The third kappa shape index (κ3) is 6.19. The molecule has 0 saturated heterocycles. The molecule has 6 nitrogen and oxygen atoms in total. The second kappa shape index (κ2) is 8.75. The van der Waals surface area contributed by atoms with Crippen molar-refractivity contribution in [3.8, 4) is 11.3 Å². The summed E-state index contributed by atoms with van der Waals surface area (Å²) in [6.07, 6.45) is 1.21. The Kier molecular flexibility index (Phi) is 6.91. The first-order valence-electron chi connectivity index (χ1n) is 8.42. The molecule has 2 rings (SSSR count). The van der Waals surface area contributed by atoms with Gasteiger partial charge in [0.2, 0.25) is 5.91 Å². The molecule has 1 heterocycles. The number of hydrogen-bond donors (Lipinski definition) is 1. The van der Waals surface area contributed by atoms with Crippen LogP contribution in [0, 0.1) is 6.92 Å². The lowest BCUT2D eigenvalue weighted by Crippen LogP contribution is -2.42. The first-order chi connectivity index (χ1) is 12.2. The van der Waals surface area contributed by atoms with Gasteiger partial charge >= 0.3 is 0 Å². The second-order valence-corrected chi connectivity index (χ2v) is 9.63. The van der Waals surface area contributed by atoms with Gasteiger partial charge in [0.05, 0.1) is 23.0 Å². The highest BCUT2D eigenvalue weighted by molar-refractivity contribution is 7.90. The molecule has 1 unspecified atom stereocenters. The monoisotopic (exact) mass is 395 g/mol. The van der Waals surface area contributed by atoms with Crippen LogP contribution in [0.3, 0.4) is 0 Å². The highest BCUT2D eigenvalue weighted by Crippen LogP contribution is 2.24. The van der Waals surface area contributed by atoms with Crippen LogP contribution in [-0.4, -0.2) is 55.3 Å². The summed E-state index contributed by atoms with van der Waals surface area (Å²) in [7, 11) is -3.09. The van der Waals surface area contributed by atoms with Gasteiger partial charge in [0.25, 0.3) is 0 Å². The molecule has 142 valence electrons. The van der Waals surface area contributed by atoms with Crippen molar-refractivity contribution in [1.82, 2.24) is 9.88 Å². The molecular weight excluding hydrogens is 370 g/mol. The molecule has 0 saturated carbocycles. The van der Waals surface area contributed by atoms with Crippen LogP contribution in [0.25, 0.3) is 11.3 Å². The molecule has 0 aliphatic rings. The third-order valence-electron chi connectivity index (χ3n) is 3.98. The van der Waals surface area contributed by atoms with Crippen LogP contribution < -0.4 is 5.32 Å². The van der Waals surface area contributed by atoms with E-state index in [4.69, 9.17) is 0 Å². The fourth-order valence-corrected chi connectivity index (χ4v) is 4.47. The third-order valence-corrected chi connectivity index (χ3v) is 5.84. The Hall–Kier alpha value is -1.77. The molecular formula is C18H25N3O3S2. The maximum absolute atomic E-state index is 12.4. The van der Waals surface area contributed by atoms with E-state index in [1.54, 1.807) is 11.3 Å². The molecule has 1 aromatic carbocycles. The lowest BCUT2D eigenvalue weighted by atomic mass is 10.1. The molecule has 8 heteroatoms. The van der Waals surface area contributed by atoms with Gasteiger partial charge in [-0.1, -0.05) is 19.1 Å². The van der Waals surface area contributed by atoms with Crippen LogP contribution in [0.1, 0.15) is 18.9 Å². The Morgan fingerprint density at radius 1 is 1.38 bits per heavy atom. The van der Waals surface area contributed by atoms with Crippen molar-refractivity contribution >= 4 is 32.8 Å². The standard InChI is InChI=1S/C18H25N3O3S2/c1-5-21(13(2)12-26(4,23)24)10-18(22)20-16-8-6-7-15(9-16)17-11-25-14(3)19-17/h6-9,11,13H,5,10,12H2,1-4H3,(H,20,22). The maximum atomic E-state index is 12.4. The Morgan fingerprint density at radius 2 is 2.12 bits per heavy atom. The van der Waals surface area contributed by atoms with E-state index in [9.17, 15) is 13.2 Å². The van der Waals surface area contributed by atoms with E-state index in [0.717, 1.165) is 16.3 Å². The fraction of sp³-hybridized carbons (Fsp3) is 0.444. The number of hydrogen-bond acceptors (Lipinski definition) is 6. The molecule has 0 radical (unpaired) electrons. The largest absolute Gasteiger partial charge is 0.325 e. The van der Waals surface area contributed by atoms with Crippen molar-refractivity contribution in [3.05, 3.63) is 34.7 Å². The molecule has 1 aromatic heterocycles. The van der Waals surface area contributed by atoms with Gasteiger partial charge in [-0.2, -0.15) is 0 Å². The van der Waals surface area contributed by atoms with Gasteiger partial charge in [0, 0.05) is 28.9 Å². The maximum Gasteiger partial charge on any atom is 0.238 e. The minimum Gasteiger partial charge on any atom is -0.325 e. The van der Waals surface area contributed by atoms with Crippen LogP contribution >= 0.6 is 11.3 Å². The van der Waals surface area contributed by atoms with Crippen molar-refractivity contribution in [3.63, 3.8) is 0 Å². The number of carbonyl (C=O) groups excluding carboxylic acids is 1. The fourth-order valence-electron chi connectivity index (χ4n) is 2.76. The summed E-state index contributed by atoms with van der Waals surface area (Å²) in [5.74, 6) is -0.133. The van der Waals surface area contributed by atoms with Crippen LogP contribution in [0.4, 0.5) is 5.69 Å². The van der Waals surface area contributed by atoms with Crippen LogP contribution in [0.2, 0.25) is 0 Å². The van der Waals surface area contributed by atoms with Gasteiger partial charge in [-0.3, -0.25) is 9.69 Å². The van der Waals surface area contributed by atoms with Gasteiger partial charge in [0.15, 0.2) is 0 Å².